The normalized spacial score (nSPS) is 10.6. The van der Waals surface area contributed by atoms with Crippen LogP contribution in [-0.4, -0.2) is 17.1 Å². The number of ether oxygens (including phenoxy) is 1. The molecule has 0 amide bonds. The SMILES string of the molecule is CCc1c(C)nc(C)nc1-c1ccc(OC)c(C)c1. The molecule has 1 aromatic carbocycles. The summed E-state index contributed by atoms with van der Waals surface area (Å²) in [5.74, 6) is 1.72. The number of hydrogen-bond acceptors (Lipinski definition) is 3. The quantitative estimate of drug-likeness (QED) is 0.841. The maximum Gasteiger partial charge on any atom is 0.126 e. The summed E-state index contributed by atoms with van der Waals surface area (Å²) in [6.07, 6.45) is 0.937. The fourth-order valence-corrected chi connectivity index (χ4v) is 2.42. The summed E-state index contributed by atoms with van der Waals surface area (Å²) < 4.78 is 5.31. The molecule has 3 nitrogen and oxygen atoms in total. The number of benzene rings is 1. The lowest BCUT2D eigenvalue weighted by Gasteiger charge is -2.12. The molecular formula is C16H20N2O. The maximum absolute atomic E-state index is 5.31. The number of methoxy groups -OCH3 is 1. The number of hydrogen-bond donors (Lipinski definition) is 0. The third kappa shape index (κ3) is 2.60. The summed E-state index contributed by atoms with van der Waals surface area (Å²) in [5.41, 5.74) is 5.58. The van der Waals surface area contributed by atoms with Gasteiger partial charge in [-0.15, -0.1) is 0 Å². The van der Waals surface area contributed by atoms with Crippen LogP contribution in [0.2, 0.25) is 0 Å². The molecule has 0 bridgehead atoms. The predicted octanol–water partition coefficient (Wildman–Crippen LogP) is 3.64. The molecule has 0 radical (unpaired) electrons. The highest BCUT2D eigenvalue weighted by molar-refractivity contribution is 5.66. The highest BCUT2D eigenvalue weighted by Crippen LogP contribution is 2.28. The van der Waals surface area contributed by atoms with Gasteiger partial charge < -0.3 is 4.74 Å². The first-order chi connectivity index (χ1) is 9.06. The van der Waals surface area contributed by atoms with Crippen molar-refractivity contribution in [1.82, 2.24) is 9.97 Å². The Hall–Kier alpha value is -1.90. The fraction of sp³-hybridized carbons (Fsp3) is 0.375. The second-order valence-corrected chi connectivity index (χ2v) is 4.72. The molecule has 0 saturated carbocycles. The van der Waals surface area contributed by atoms with E-state index in [-0.39, 0.29) is 0 Å². The minimum atomic E-state index is 0.818. The van der Waals surface area contributed by atoms with Crippen LogP contribution in [0, 0.1) is 20.8 Å². The molecular weight excluding hydrogens is 236 g/mol. The van der Waals surface area contributed by atoms with E-state index in [0.717, 1.165) is 40.5 Å². The molecule has 2 aromatic rings. The van der Waals surface area contributed by atoms with Crippen LogP contribution >= 0.6 is 0 Å². The Morgan fingerprint density at radius 3 is 2.42 bits per heavy atom. The van der Waals surface area contributed by atoms with E-state index in [0.29, 0.717) is 0 Å². The number of aryl methyl sites for hydroxylation is 3. The van der Waals surface area contributed by atoms with Gasteiger partial charge >= 0.3 is 0 Å². The zero-order chi connectivity index (χ0) is 14.0. The van der Waals surface area contributed by atoms with Crippen molar-refractivity contribution >= 4 is 0 Å². The number of nitrogens with zero attached hydrogens (tertiary/aromatic N) is 2. The second kappa shape index (κ2) is 5.39. The third-order valence-electron chi connectivity index (χ3n) is 3.35. The highest BCUT2D eigenvalue weighted by Gasteiger charge is 2.11. The summed E-state index contributed by atoms with van der Waals surface area (Å²) in [4.78, 5) is 9.07. The Kier molecular flexibility index (Phi) is 3.84. The van der Waals surface area contributed by atoms with Crippen LogP contribution in [0.3, 0.4) is 0 Å². The molecule has 0 spiro atoms. The summed E-state index contributed by atoms with van der Waals surface area (Å²) >= 11 is 0. The van der Waals surface area contributed by atoms with Crippen LogP contribution in [0.25, 0.3) is 11.3 Å². The first-order valence-corrected chi connectivity index (χ1v) is 6.56. The molecule has 2 rings (SSSR count). The van der Waals surface area contributed by atoms with Gasteiger partial charge in [0.2, 0.25) is 0 Å². The molecule has 0 atom stereocenters. The lowest BCUT2D eigenvalue weighted by molar-refractivity contribution is 0.412. The van der Waals surface area contributed by atoms with Crippen LogP contribution in [0.1, 0.15) is 29.6 Å². The molecule has 0 N–H and O–H groups in total. The molecule has 100 valence electrons. The van der Waals surface area contributed by atoms with Gasteiger partial charge in [0.25, 0.3) is 0 Å². The lowest BCUT2D eigenvalue weighted by Crippen LogP contribution is -2.02. The van der Waals surface area contributed by atoms with E-state index in [9.17, 15) is 0 Å². The molecule has 3 heteroatoms. The highest BCUT2D eigenvalue weighted by atomic mass is 16.5. The largest absolute Gasteiger partial charge is 0.496 e. The van der Waals surface area contributed by atoms with E-state index >= 15 is 0 Å². The lowest BCUT2D eigenvalue weighted by atomic mass is 10.0. The summed E-state index contributed by atoms with van der Waals surface area (Å²) in [6, 6.07) is 6.18. The van der Waals surface area contributed by atoms with Crippen molar-refractivity contribution in [2.75, 3.05) is 7.11 Å². The number of aromatic nitrogens is 2. The van der Waals surface area contributed by atoms with Gasteiger partial charge in [0.05, 0.1) is 12.8 Å². The molecule has 1 heterocycles. The van der Waals surface area contributed by atoms with E-state index in [1.54, 1.807) is 7.11 Å². The zero-order valence-corrected chi connectivity index (χ0v) is 12.2. The Morgan fingerprint density at radius 1 is 1.11 bits per heavy atom. The van der Waals surface area contributed by atoms with Gasteiger partial charge in [-0.3, -0.25) is 0 Å². The van der Waals surface area contributed by atoms with Gasteiger partial charge in [-0.25, -0.2) is 9.97 Å². The molecule has 0 unspecified atom stereocenters. The van der Waals surface area contributed by atoms with Crippen LogP contribution in [0.15, 0.2) is 18.2 Å². The van der Waals surface area contributed by atoms with Gasteiger partial charge in [-0.1, -0.05) is 6.92 Å². The van der Waals surface area contributed by atoms with Crippen molar-refractivity contribution < 1.29 is 4.74 Å². The Balaban J connectivity index is 2.61. The fourth-order valence-electron chi connectivity index (χ4n) is 2.42. The van der Waals surface area contributed by atoms with Gasteiger partial charge in [0.15, 0.2) is 0 Å². The smallest absolute Gasteiger partial charge is 0.126 e. The van der Waals surface area contributed by atoms with E-state index in [1.165, 1.54) is 5.56 Å². The molecule has 19 heavy (non-hydrogen) atoms. The maximum atomic E-state index is 5.31. The Labute approximate surface area is 114 Å². The third-order valence-corrected chi connectivity index (χ3v) is 3.35. The predicted molar refractivity (Wildman–Crippen MR) is 77.6 cm³/mol. The van der Waals surface area contributed by atoms with Crippen molar-refractivity contribution in [1.29, 1.82) is 0 Å². The van der Waals surface area contributed by atoms with Gasteiger partial charge in [-0.2, -0.15) is 0 Å². The average Bonchev–Trinajstić information content (AvgIpc) is 2.37. The molecule has 0 aliphatic rings. The first-order valence-electron chi connectivity index (χ1n) is 6.56. The van der Waals surface area contributed by atoms with Crippen molar-refractivity contribution in [2.45, 2.75) is 34.1 Å². The zero-order valence-electron chi connectivity index (χ0n) is 12.2. The van der Waals surface area contributed by atoms with Crippen LogP contribution in [0.5, 0.6) is 5.75 Å². The summed E-state index contributed by atoms with van der Waals surface area (Å²) in [6.45, 7) is 8.18. The van der Waals surface area contributed by atoms with Crippen molar-refractivity contribution in [3.63, 3.8) is 0 Å². The topological polar surface area (TPSA) is 35.0 Å². The van der Waals surface area contributed by atoms with Crippen molar-refractivity contribution in [3.8, 4) is 17.0 Å². The Bertz CT molecular complexity index is 606. The van der Waals surface area contributed by atoms with Gasteiger partial charge in [0, 0.05) is 11.3 Å². The number of rotatable bonds is 3. The standard InChI is InChI=1S/C16H20N2O/c1-6-14-11(3)17-12(4)18-16(14)13-7-8-15(19-5)10(2)9-13/h7-9H,6H2,1-5H3. The van der Waals surface area contributed by atoms with Crippen molar-refractivity contribution in [3.05, 3.63) is 40.8 Å². The van der Waals surface area contributed by atoms with E-state index in [4.69, 9.17) is 4.74 Å². The van der Waals surface area contributed by atoms with E-state index < -0.39 is 0 Å². The summed E-state index contributed by atoms with van der Waals surface area (Å²) in [5, 5.41) is 0. The van der Waals surface area contributed by atoms with Crippen LogP contribution < -0.4 is 4.74 Å². The van der Waals surface area contributed by atoms with Crippen LogP contribution in [-0.2, 0) is 6.42 Å². The van der Waals surface area contributed by atoms with E-state index in [1.807, 2.05) is 19.9 Å². The molecule has 0 aliphatic carbocycles. The molecule has 1 aromatic heterocycles. The molecule has 0 aliphatic heterocycles. The minimum absolute atomic E-state index is 0.818. The second-order valence-electron chi connectivity index (χ2n) is 4.72. The van der Waals surface area contributed by atoms with Gasteiger partial charge in [0.1, 0.15) is 11.6 Å². The Morgan fingerprint density at radius 2 is 1.84 bits per heavy atom. The van der Waals surface area contributed by atoms with Gasteiger partial charge in [-0.05, 0) is 56.5 Å². The summed E-state index contributed by atoms with van der Waals surface area (Å²) in [7, 11) is 1.69. The van der Waals surface area contributed by atoms with E-state index in [2.05, 4.69) is 35.9 Å². The average molecular weight is 256 g/mol. The minimum Gasteiger partial charge on any atom is -0.496 e. The van der Waals surface area contributed by atoms with Crippen molar-refractivity contribution in [2.24, 2.45) is 0 Å². The molecule has 0 saturated heterocycles. The molecule has 0 fully saturated rings. The monoisotopic (exact) mass is 256 g/mol. The first kappa shape index (κ1) is 13.5. The van der Waals surface area contributed by atoms with Crippen LogP contribution in [0.4, 0.5) is 0 Å².